The number of thiol groups is 1. The van der Waals surface area contributed by atoms with Crippen LogP contribution in [0.4, 0.5) is 4.39 Å². The van der Waals surface area contributed by atoms with E-state index in [1.54, 1.807) is 12.1 Å². The molecule has 4 rings (SSSR count). The van der Waals surface area contributed by atoms with Crippen LogP contribution < -0.4 is 0 Å². The maximum Gasteiger partial charge on any atom is 0.123 e. The van der Waals surface area contributed by atoms with Crippen LogP contribution >= 0.6 is 12.6 Å². The van der Waals surface area contributed by atoms with Gasteiger partial charge in [-0.3, -0.25) is 9.36 Å². The summed E-state index contributed by atoms with van der Waals surface area (Å²) in [6.45, 7) is 1.95. The fourth-order valence-electron chi connectivity index (χ4n) is 3.65. The number of hydrogen-bond donors (Lipinski definition) is 1. The summed E-state index contributed by atoms with van der Waals surface area (Å²) in [6, 6.07) is 7.06. The van der Waals surface area contributed by atoms with Gasteiger partial charge in [-0.2, -0.15) is 22.8 Å². The van der Waals surface area contributed by atoms with Gasteiger partial charge in [0.25, 0.3) is 0 Å². The fourth-order valence-corrected chi connectivity index (χ4v) is 3.86. The molecule has 1 aromatic carbocycles. The van der Waals surface area contributed by atoms with E-state index < -0.39 is 0 Å². The van der Waals surface area contributed by atoms with Crippen molar-refractivity contribution in [2.24, 2.45) is 20.0 Å². The third-order valence-corrected chi connectivity index (χ3v) is 5.50. The van der Waals surface area contributed by atoms with Crippen molar-refractivity contribution < 1.29 is 4.39 Å². The Morgan fingerprint density at radius 1 is 1.22 bits per heavy atom. The van der Waals surface area contributed by atoms with Crippen LogP contribution in [0.1, 0.15) is 47.5 Å². The normalized spacial score (nSPS) is 15.3. The van der Waals surface area contributed by atoms with Gasteiger partial charge in [0.1, 0.15) is 5.82 Å². The molecule has 1 fully saturated rings. The molecule has 0 radical (unpaired) electrons. The molecule has 0 bridgehead atoms. The Morgan fingerprint density at radius 2 is 2.00 bits per heavy atom. The van der Waals surface area contributed by atoms with Gasteiger partial charge in [0.05, 0.1) is 11.4 Å². The second-order valence-corrected chi connectivity index (χ2v) is 8.43. The summed E-state index contributed by atoms with van der Waals surface area (Å²) in [4.78, 5) is 0. The predicted octanol–water partition coefficient (Wildman–Crippen LogP) is 4.49. The van der Waals surface area contributed by atoms with Crippen LogP contribution in [0.15, 0.2) is 30.5 Å². The van der Waals surface area contributed by atoms with E-state index in [4.69, 9.17) is 5.10 Å². The number of hydrogen-bond acceptors (Lipinski definition) is 3. The first kappa shape index (κ1) is 18.3. The van der Waals surface area contributed by atoms with Gasteiger partial charge in [0, 0.05) is 48.8 Å². The summed E-state index contributed by atoms with van der Waals surface area (Å²) in [5.74, 6) is 0.586. The maximum atomic E-state index is 13.8. The quantitative estimate of drug-likeness (QED) is 0.636. The number of aryl methyl sites for hydroxylation is 2. The lowest BCUT2D eigenvalue weighted by Gasteiger charge is -2.12. The van der Waals surface area contributed by atoms with Crippen LogP contribution in [0.5, 0.6) is 0 Å². The summed E-state index contributed by atoms with van der Waals surface area (Å²) in [7, 11) is 3.93. The molecule has 0 aliphatic heterocycles. The number of halogens is 1. The second kappa shape index (κ2) is 7.15. The van der Waals surface area contributed by atoms with Crippen molar-refractivity contribution in [1.29, 1.82) is 0 Å². The van der Waals surface area contributed by atoms with Crippen LogP contribution in [-0.4, -0.2) is 19.6 Å². The molecule has 4 nitrogen and oxygen atoms in total. The van der Waals surface area contributed by atoms with E-state index in [1.165, 1.54) is 24.6 Å². The summed E-state index contributed by atoms with van der Waals surface area (Å²) >= 11 is 4.53. The smallest absolute Gasteiger partial charge is 0.123 e. The van der Waals surface area contributed by atoms with Gasteiger partial charge >= 0.3 is 0 Å². The molecule has 142 valence electrons. The van der Waals surface area contributed by atoms with E-state index >= 15 is 0 Å². The van der Waals surface area contributed by atoms with Crippen molar-refractivity contribution in [3.8, 4) is 11.3 Å². The first-order valence-corrected chi connectivity index (χ1v) is 9.94. The predicted molar refractivity (Wildman–Crippen MR) is 108 cm³/mol. The Morgan fingerprint density at radius 3 is 2.70 bits per heavy atom. The van der Waals surface area contributed by atoms with Crippen LogP contribution in [-0.2, 0) is 26.9 Å². The average Bonchev–Trinajstić information content (AvgIpc) is 3.26. The standard InChI is InChI=1S/C21H25FN4S/c1-13(27)20-10-16(22)6-7-19(20)21-15(12-25(2)24-21)9-17-11-18(26(3)23-17)8-14-4-5-14/h6-7,10-14,27H,4-5,8-9H2,1-3H3/t13-/m1/s1. The second-order valence-electron chi connectivity index (χ2n) is 7.66. The summed E-state index contributed by atoms with van der Waals surface area (Å²) in [6.07, 6.45) is 6.52. The minimum absolute atomic E-state index is 0.0782. The number of nitrogens with zero attached hydrogens (tertiary/aromatic N) is 4. The Bertz CT molecular complexity index is 969. The van der Waals surface area contributed by atoms with Gasteiger partial charge in [-0.1, -0.05) is 0 Å². The molecule has 0 spiro atoms. The van der Waals surface area contributed by atoms with Gasteiger partial charge < -0.3 is 0 Å². The lowest BCUT2D eigenvalue weighted by Crippen LogP contribution is -1.99. The molecule has 0 amide bonds. The van der Waals surface area contributed by atoms with Gasteiger partial charge in [0.2, 0.25) is 0 Å². The SMILES string of the molecule is C[C@@H](S)c1cc(F)ccc1-c1nn(C)cc1Cc1cc(CC2CC2)n(C)n1. The van der Waals surface area contributed by atoms with Gasteiger partial charge in [-0.15, -0.1) is 0 Å². The molecule has 1 saturated carbocycles. The van der Waals surface area contributed by atoms with Crippen molar-refractivity contribution >= 4 is 12.6 Å². The Balaban J connectivity index is 1.68. The number of benzene rings is 1. The first-order chi connectivity index (χ1) is 12.9. The third-order valence-electron chi connectivity index (χ3n) is 5.22. The molecule has 27 heavy (non-hydrogen) atoms. The molecular weight excluding hydrogens is 359 g/mol. The average molecular weight is 385 g/mol. The molecule has 0 unspecified atom stereocenters. The lowest BCUT2D eigenvalue weighted by molar-refractivity contribution is 0.625. The lowest BCUT2D eigenvalue weighted by atomic mass is 9.98. The largest absolute Gasteiger partial charge is 0.275 e. The zero-order valence-electron chi connectivity index (χ0n) is 16.0. The van der Waals surface area contributed by atoms with Crippen molar-refractivity contribution in [1.82, 2.24) is 19.6 Å². The van der Waals surface area contributed by atoms with E-state index in [9.17, 15) is 4.39 Å². The molecule has 0 N–H and O–H groups in total. The highest BCUT2D eigenvalue weighted by Crippen LogP contribution is 2.34. The molecule has 1 aliphatic rings. The van der Waals surface area contributed by atoms with Gasteiger partial charge in [0.15, 0.2) is 0 Å². The Hall–Kier alpha value is -2.08. The highest BCUT2D eigenvalue weighted by atomic mass is 32.1. The van der Waals surface area contributed by atoms with Crippen molar-refractivity contribution in [2.45, 2.75) is 37.9 Å². The number of aromatic nitrogens is 4. The molecule has 0 saturated heterocycles. The highest BCUT2D eigenvalue weighted by Gasteiger charge is 2.24. The Labute approximate surface area is 164 Å². The van der Waals surface area contributed by atoms with E-state index in [0.29, 0.717) is 6.42 Å². The monoisotopic (exact) mass is 384 g/mol. The summed E-state index contributed by atoms with van der Waals surface area (Å²) < 4.78 is 17.6. The highest BCUT2D eigenvalue weighted by molar-refractivity contribution is 7.80. The minimum atomic E-state index is -0.249. The molecular formula is C21H25FN4S. The van der Waals surface area contributed by atoms with Gasteiger partial charge in [-0.25, -0.2) is 4.39 Å². The zero-order chi connectivity index (χ0) is 19.1. The van der Waals surface area contributed by atoms with E-state index in [-0.39, 0.29) is 11.1 Å². The van der Waals surface area contributed by atoms with Crippen LogP contribution in [0.2, 0.25) is 0 Å². The van der Waals surface area contributed by atoms with Crippen LogP contribution in [0, 0.1) is 11.7 Å². The van der Waals surface area contributed by atoms with Crippen LogP contribution in [0.25, 0.3) is 11.3 Å². The molecule has 6 heteroatoms. The fraction of sp³-hybridized carbons (Fsp3) is 0.429. The molecule has 2 aromatic heterocycles. The van der Waals surface area contributed by atoms with E-state index in [0.717, 1.165) is 40.4 Å². The third kappa shape index (κ3) is 3.95. The molecule has 3 aromatic rings. The van der Waals surface area contributed by atoms with Crippen molar-refractivity contribution in [3.05, 3.63) is 58.8 Å². The van der Waals surface area contributed by atoms with E-state index in [2.05, 4.69) is 23.8 Å². The molecule has 1 aliphatic carbocycles. The zero-order valence-corrected chi connectivity index (χ0v) is 16.9. The summed E-state index contributed by atoms with van der Waals surface area (Å²) in [5.41, 5.74) is 6.10. The summed E-state index contributed by atoms with van der Waals surface area (Å²) in [5, 5.41) is 9.29. The topological polar surface area (TPSA) is 35.6 Å². The van der Waals surface area contributed by atoms with Crippen molar-refractivity contribution in [2.75, 3.05) is 0 Å². The minimum Gasteiger partial charge on any atom is -0.275 e. The van der Waals surface area contributed by atoms with Gasteiger partial charge in [-0.05, 0) is 61.9 Å². The maximum absolute atomic E-state index is 13.8. The molecule has 1 atom stereocenters. The molecule has 2 heterocycles. The van der Waals surface area contributed by atoms with Crippen LogP contribution in [0.3, 0.4) is 0 Å². The van der Waals surface area contributed by atoms with Crippen molar-refractivity contribution in [3.63, 3.8) is 0 Å². The first-order valence-electron chi connectivity index (χ1n) is 9.43. The Kier molecular flexibility index (Phi) is 4.84. The van der Waals surface area contributed by atoms with E-state index in [1.807, 2.05) is 36.6 Å². The number of rotatable bonds is 6.